The molecule has 0 aliphatic rings. The molecular weight excluding hydrogens is 516 g/mol. The van der Waals surface area contributed by atoms with Gasteiger partial charge in [0.1, 0.15) is 49.4 Å². The first kappa shape index (κ1) is 37.6. The van der Waals surface area contributed by atoms with Crippen molar-refractivity contribution < 1.29 is 32.7 Å². The van der Waals surface area contributed by atoms with Gasteiger partial charge in [0, 0.05) is 32.7 Å². The predicted octanol–water partition coefficient (Wildman–Crippen LogP) is 6.73. The minimum Gasteiger partial charge on any atom is -0.360 e. The standard InChI is InChI=1S/3C6H19NSi2.Y/c3*1-8(2,3)7-9(4,5)6;/h3*7H,1-6H3;. The Morgan fingerprint density at radius 1 is 0.250 bits per heavy atom. The molecule has 0 aromatic rings. The zero-order valence-corrected chi connectivity index (χ0v) is 31.9. The van der Waals surface area contributed by atoms with Crippen molar-refractivity contribution in [1.29, 1.82) is 0 Å². The largest absolute Gasteiger partial charge is 0.360 e. The Morgan fingerprint density at radius 3 is 0.321 bits per heavy atom. The Bertz CT molecular complexity index is 297. The van der Waals surface area contributed by atoms with Crippen LogP contribution in [0.2, 0.25) is 118 Å². The molecule has 0 aliphatic heterocycles. The first-order valence-corrected chi connectivity index (χ1v) is 31.5. The van der Waals surface area contributed by atoms with Crippen molar-refractivity contribution in [2.24, 2.45) is 0 Å². The maximum absolute atomic E-state index is 3.74. The molecule has 0 saturated heterocycles. The molecule has 0 aromatic heterocycles. The molecule has 0 spiro atoms. The van der Waals surface area contributed by atoms with Gasteiger partial charge in [-0.05, 0) is 0 Å². The van der Waals surface area contributed by atoms with Gasteiger partial charge in [-0.1, -0.05) is 118 Å². The summed E-state index contributed by atoms with van der Waals surface area (Å²) in [6.45, 7) is 42.3. The van der Waals surface area contributed by atoms with Crippen molar-refractivity contribution >= 4 is 49.4 Å². The van der Waals surface area contributed by atoms with Crippen LogP contribution in [0.25, 0.3) is 0 Å². The average molecular weight is 573 g/mol. The van der Waals surface area contributed by atoms with E-state index in [9.17, 15) is 0 Å². The monoisotopic (exact) mass is 572 g/mol. The summed E-state index contributed by atoms with van der Waals surface area (Å²) in [5.41, 5.74) is 0. The van der Waals surface area contributed by atoms with Crippen molar-refractivity contribution in [3.05, 3.63) is 0 Å². The fourth-order valence-corrected chi connectivity index (χ4v) is 30.4. The molecule has 0 bridgehead atoms. The summed E-state index contributed by atoms with van der Waals surface area (Å²) >= 11 is 0. The van der Waals surface area contributed by atoms with Crippen molar-refractivity contribution in [3.63, 3.8) is 0 Å². The first-order valence-electron chi connectivity index (χ1n) is 10.5. The second-order valence-electron chi connectivity index (χ2n) is 13.9. The zero-order valence-electron chi connectivity index (χ0n) is 23.1. The van der Waals surface area contributed by atoms with Gasteiger partial charge in [-0.2, -0.15) is 0 Å². The molecule has 0 atom stereocenters. The van der Waals surface area contributed by atoms with Crippen LogP contribution >= 0.6 is 0 Å². The van der Waals surface area contributed by atoms with Gasteiger partial charge < -0.3 is 13.9 Å². The Labute approximate surface area is 212 Å². The van der Waals surface area contributed by atoms with Gasteiger partial charge >= 0.3 is 0 Å². The third-order valence-corrected chi connectivity index (χ3v) is 20.2. The van der Waals surface area contributed by atoms with Gasteiger partial charge in [-0.25, -0.2) is 0 Å². The van der Waals surface area contributed by atoms with Gasteiger partial charge in [0.05, 0.1) is 0 Å². The van der Waals surface area contributed by atoms with E-state index in [4.69, 9.17) is 0 Å². The van der Waals surface area contributed by atoms with E-state index in [-0.39, 0.29) is 32.7 Å². The van der Waals surface area contributed by atoms with E-state index in [1.54, 1.807) is 0 Å². The van der Waals surface area contributed by atoms with Crippen molar-refractivity contribution in [3.8, 4) is 0 Å². The molecule has 0 amide bonds. The van der Waals surface area contributed by atoms with Crippen LogP contribution in [0.4, 0.5) is 0 Å². The normalized spacial score (nSPS) is 13.5. The summed E-state index contributed by atoms with van der Waals surface area (Å²) in [6.07, 6.45) is 0. The second kappa shape index (κ2) is 13.7. The summed E-state index contributed by atoms with van der Waals surface area (Å²) in [4.78, 5) is 0. The fourth-order valence-electron chi connectivity index (χ4n) is 3.38. The summed E-state index contributed by atoms with van der Waals surface area (Å²) in [6, 6.07) is 0. The van der Waals surface area contributed by atoms with E-state index in [2.05, 4.69) is 132 Å². The molecule has 0 fully saturated rings. The summed E-state index contributed by atoms with van der Waals surface area (Å²) in [7, 11) is -5.89. The second-order valence-corrected chi connectivity index (χ2v) is 43.9. The Balaban J connectivity index is -0.000000152. The number of rotatable bonds is 6. The number of nitrogens with one attached hydrogen (secondary N) is 3. The minimum absolute atomic E-state index is 0. The molecule has 3 nitrogen and oxygen atoms in total. The van der Waals surface area contributed by atoms with E-state index in [1.807, 2.05) is 0 Å². The Morgan fingerprint density at radius 2 is 0.321 bits per heavy atom. The molecule has 28 heavy (non-hydrogen) atoms. The van der Waals surface area contributed by atoms with E-state index < -0.39 is 49.4 Å². The van der Waals surface area contributed by atoms with Crippen LogP contribution < -0.4 is 13.9 Å². The van der Waals surface area contributed by atoms with Gasteiger partial charge in [-0.15, -0.1) is 0 Å². The van der Waals surface area contributed by atoms with Crippen molar-refractivity contribution in [2.45, 2.75) is 118 Å². The molecule has 0 aromatic carbocycles. The third-order valence-electron chi connectivity index (χ3n) is 2.25. The summed E-state index contributed by atoms with van der Waals surface area (Å²) in [5, 5.41) is 0. The molecule has 0 unspecified atom stereocenters. The molecule has 171 valence electrons. The molecule has 1 radical (unpaired) electrons. The van der Waals surface area contributed by atoms with Crippen molar-refractivity contribution in [1.82, 2.24) is 13.9 Å². The van der Waals surface area contributed by atoms with Crippen LogP contribution in [0.3, 0.4) is 0 Å². The summed E-state index contributed by atoms with van der Waals surface area (Å²) in [5.74, 6) is 0. The molecule has 0 rings (SSSR count). The Kier molecular flexibility index (Phi) is 18.5. The number of hydrogen-bond acceptors (Lipinski definition) is 3. The van der Waals surface area contributed by atoms with Crippen LogP contribution in [0.5, 0.6) is 0 Å². The van der Waals surface area contributed by atoms with Gasteiger partial charge in [-0.3, -0.25) is 0 Å². The molecular formula is C18H57N3Si6Y. The van der Waals surface area contributed by atoms with E-state index in [1.165, 1.54) is 0 Å². The van der Waals surface area contributed by atoms with Crippen LogP contribution in [-0.2, 0) is 32.7 Å². The van der Waals surface area contributed by atoms with Crippen LogP contribution in [0, 0.1) is 0 Å². The van der Waals surface area contributed by atoms with Gasteiger partial charge in [0.15, 0.2) is 0 Å². The van der Waals surface area contributed by atoms with Crippen LogP contribution in [0.1, 0.15) is 0 Å². The predicted molar refractivity (Wildman–Crippen MR) is 149 cm³/mol. The quantitative estimate of drug-likeness (QED) is 0.309. The molecule has 3 N–H and O–H groups in total. The van der Waals surface area contributed by atoms with Gasteiger partial charge in [0.25, 0.3) is 0 Å². The van der Waals surface area contributed by atoms with Crippen molar-refractivity contribution in [2.75, 3.05) is 0 Å². The summed E-state index contributed by atoms with van der Waals surface area (Å²) < 4.78 is 11.2. The van der Waals surface area contributed by atoms with Gasteiger partial charge in [0.2, 0.25) is 0 Å². The molecule has 0 saturated carbocycles. The Hall–Kier alpha value is 2.29. The SMILES string of the molecule is C[Si](C)(C)N[Si](C)(C)C.C[Si](C)(C)N[Si](C)(C)C.C[Si](C)(C)N[Si](C)(C)C.[Y]. The maximum atomic E-state index is 3.74. The minimum atomic E-state index is -0.981. The van der Waals surface area contributed by atoms with Crippen LogP contribution in [-0.4, -0.2) is 49.4 Å². The topological polar surface area (TPSA) is 36.1 Å². The maximum Gasteiger partial charge on any atom is 0.109 e. The zero-order chi connectivity index (χ0) is 23.1. The van der Waals surface area contributed by atoms with E-state index in [0.717, 1.165) is 0 Å². The van der Waals surface area contributed by atoms with E-state index >= 15 is 0 Å². The fraction of sp³-hybridized carbons (Fsp3) is 1.00. The number of hydrogen-bond donors (Lipinski definition) is 3. The third kappa shape index (κ3) is 51.2. The first-order chi connectivity index (χ1) is 11.1. The molecule has 10 heteroatoms. The van der Waals surface area contributed by atoms with Crippen LogP contribution in [0.15, 0.2) is 0 Å². The smallest absolute Gasteiger partial charge is 0.109 e. The average Bonchev–Trinajstić information content (AvgIpc) is 1.96. The molecule has 0 heterocycles. The van der Waals surface area contributed by atoms with E-state index in [0.29, 0.717) is 0 Å². The molecule has 0 aliphatic carbocycles.